The lowest BCUT2D eigenvalue weighted by Gasteiger charge is -2.15. The van der Waals surface area contributed by atoms with Crippen molar-refractivity contribution in [2.45, 2.75) is 25.5 Å². The fraction of sp³-hybridized carbons (Fsp3) is 0.167. The first-order valence-corrected chi connectivity index (χ1v) is 9.51. The Morgan fingerprint density at radius 2 is 1.66 bits per heavy atom. The zero-order valence-corrected chi connectivity index (χ0v) is 15.8. The third kappa shape index (κ3) is 4.14. The number of hydrogen-bond donors (Lipinski definition) is 2. The van der Waals surface area contributed by atoms with Gasteiger partial charge in [0.05, 0.1) is 0 Å². The molecule has 3 aromatic rings. The Labute approximate surface area is 169 Å². The predicted octanol–water partition coefficient (Wildman–Crippen LogP) is 4.18. The molecule has 0 aromatic heterocycles. The van der Waals surface area contributed by atoms with Crippen LogP contribution < -0.4 is 5.32 Å². The van der Waals surface area contributed by atoms with E-state index in [1.807, 2.05) is 54.6 Å². The van der Waals surface area contributed by atoms with Gasteiger partial charge in [-0.3, -0.25) is 0 Å². The second-order valence-electron chi connectivity index (χ2n) is 7.08. The third-order valence-electron chi connectivity index (χ3n) is 5.18. The van der Waals surface area contributed by atoms with E-state index in [0.717, 1.165) is 28.7 Å². The molecule has 2 N–H and O–H groups in total. The van der Waals surface area contributed by atoms with E-state index in [1.165, 1.54) is 11.1 Å². The number of carboxylic acids is 1. The van der Waals surface area contributed by atoms with Crippen molar-refractivity contribution in [3.05, 3.63) is 95.1 Å². The Bertz CT molecular complexity index is 1050. The molecule has 1 amide bonds. The Morgan fingerprint density at radius 1 is 0.931 bits per heavy atom. The maximum atomic E-state index is 12.2. The van der Waals surface area contributed by atoms with Crippen LogP contribution in [0.4, 0.5) is 4.79 Å². The lowest BCUT2D eigenvalue weighted by molar-refractivity contribution is -0.139. The number of hydrogen-bond acceptors (Lipinski definition) is 3. The van der Waals surface area contributed by atoms with Crippen molar-refractivity contribution in [3.8, 4) is 11.1 Å². The van der Waals surface area contributed by atoms with Crippen LogP contribution in [0.5, 0.6) is 0 Å². The van der Waals surface area contributed by atoms with E-state index in [-0.39, 0.29) is 13.0 Å². The first-order chi connectivity index (χ1) is 14.1. The summed E-state index contributed by atoms with van der Waals surface area (Å²) in [6, 6.07) is 22.3. The van der Waals surface area contributed by atoms with Crippen molar-refractivity contribution in [1.29, 1.82) is 0 Å². The predicted molar refractivity (Wildman–Crippen MR) is 110 cm³/mol. The van der Waals surface area contributed by atoms with Crippen molar-refractivity contribution < 1.29 is 19.4 Å². The summed E-state index contributed by atoms with van der Waals surface area (Å²) >= 11 is 0. The van der Waals surface area contributed by atoms with Crippen LogP contribution in [-0.4, -0.2) is 23.2 Å². The van der Waals surface area contributed by atoms with E-state index in [0.29, 0.717) is 0 Å². The number of benzene rings is 3. The molecule has 0 fully saturated rings. The number of aliphatic carboxylic acids is 1. The van der Waals surface area contributed by atoms with Crippen LogP contribution in [-0.2, 0) is 29.0 Å². The molecule has 1 atom stereocenters. The molecular weight excluding hydrogens is 366 g/mol. The van der Waals surface area contributed by atoms with Gasteiger partial charge in [-0.25, -0.2) is 9.59 Å². The monoisotopic (exact) mass is 387 g/mol. The van der Waals surface area contributed by atoms with E-state index in [2.05, 4.69) is 23.5 Å². The Morgan fingerprint density at radius 3 is 2.45 bits per heavy atom. The summed E-state index contributed by atoms with van der Waals surface area (Å²) in [4.78, 5) is 23.8. The Balaban J connectivity index is 1.41. The second kappa shape index (κ2) is 8.19. The third-order valence-corrected chi connectivity index (χ3v) is 5.18. The minimum absolute atomic E-state index is 0.0979. The molecule has 3 aromatic carbocycles. The van der Waals surface area contributed by atoms with E-state index in [4.69, 9.17) is 4.74 Å². The van der Waals surface area contributed by atoms with Gasteiger partial charge >= 0.3 is 12.1 Å². The number of carbonyl (C=O) groups is 2. The molecule has 29 heavy (non-hydrogen) atoms. The summed E-state index contributed by atoms with van der Waals surface area (Å²) in [7, 11) is 0. The SMILES string of the molecule is O=C(N[C@H](Cc1ccccc1)C(=O)O)OCc1cccc2c1Cc1ccccc1-2. The lowest BCUT2D eigenvalue weighted by atomic mass is 10.0. The Kier molecular flexibility index (Phi) is 5.29. The normalized spacial score (nSPS) is 12.6. The van der Waals surface area contributed by atoms with Crippen LogP contribution in [0.1, 0.15) is 22.3 Å². The average molecular weight is 387 g/mol. The number of fused-ring (bicyclic) bond motifs is 3. The fourth-order valence-electron chi connectivity index (χ4n) is 3.74. The molecule has 1 aliphatic rings. The molecule has 0 aliphatic heterocycles. The van der Waals surface area contributed by atoms with Gasteiger partial charge in [0.2, 0.25) is 0 Å². The van der Waals surface area contributed by atoms with Gasteiger partial charge in [-0.2, -0.15) is 0 Å². The van der Waals surface area contributed by atoms with Crippen LogP contribution in [0, 0.1) is 0 Å². The van der Waals surface area contributed by atoms with E-state index in [9.17, 15) is 14.7 Å². The van der Waals surface area contributed by atoms with Crippen LogP contribution in [0.3, 0.4) is 0 Å². The maximum absolute atomic E-state index is 12.2. The average Bonchev–Trinajstić information content (AvgIpc) is 3.12. The topological polar surface area (TPSA) is 75.6 Å². The molecule has 5 heteroatoms. The highest BCUT2D eigenvalue weighted by Crippen LogP contribution is 2.38. The first kappa shape index (κ1) is 18.7. The number of nitrogens with one attached hydrogen (secondary N) is 1. The molecule has 0 radical (unpaired) electrons. The molecule has 0 saturated heterocycles. The number of alkyl carbamates (subject to hydrolysis) is 1. The van der Waals surface area contributed by atoms with Crippen molar-refractivity contribution in [1.82, 2.24) is 5.32 Å². The summed E-state index contributed by atoms with van der Waals surface area (Å²) < 4.78 is 5.36. The Hall–Kier alpha value is -3.60. The van der Waals surface area contributed by atoms with Gasteiger partial charge in [-0.05, 0) is 39.8 Å². The van der Waals surface area contributed by atoms with Crippen LogP contribution in [0.25, 0.3) is 11.1 Å². The number of amides is 1. The molecule has 0 heterocycles. The molecule has 4 rings (SSSR count). The smallest absolute Gasteiger partial charge is 0.408 e. The van der Waals surface area contributed by atoms with Crippen molar-refractivity contribution in [2.24, 2.45) is 0 Å². The zero-order valence-electron chi connectivity index (χ0n) is 15.8. The zero-order chi connectivity index (χ0) is 20.2. The lowest BCUT2D eigenvalue weighted by Crippen LogP contribution is -2.42. The number of ether oxygens (including phenoxy) is 1. The van der Waals surface area contributed by atoms with Crippen molar-refractivity contribution in [3.63, 3.8) is 0 Å². The first-order valence-electron chi connectivity index (χ1n) is 9.51. The largest absolute Gasteiger partial charge is 0.480 e. The van der Waals surface area contributed by atoms with Crippen LogP contribution in [0.15, 0.2) is 72.8 Å². The summed E-state index contributed by atoms with van der Waals surface area (Å²) in [5, 5.41) is 11.9. The molecule has 0 bridgehead atoms. The second-order valence-corrected chi connectivity index (χ2v) is 7.08. The number of rotatable bonds is 6. The minimum Gasteiger partial charge on any atom is -0.480 e. The van der Waals surface area contributed by atoms with E-state index in [1.54, 1.807) is 0 Å². The van der Waals surface area contributed by atoms with Gasteiger partial charge in [-0.1, -0.05) is 72.8 Å². The van der Waals surface area contributed by atoms with Gasteiger partial charge in [0.25, 0.3) is 0 Å². The maximum Gasteiger partial charge on any atom is 0.408 e. The van der Waals surface area contributed by atoms with Crippen LogP contribution >= 0.6 is 0 Å². The van der Waals surface area contributed by atoms with Crippen molar-refractivity contribution >= 4 is 12.1 Å². The fourth-order valence-corrected chi connectivity index (χ4v) is 3.74. The summed E-state index contributed by atoms with van der Waals surface area (Å²) in [6.07, 6.45) is 0.265. The number of carbonyl (C=O) groups excluding carboxylic acids is 1. The van der Waals surface area contributed by atoms with E-state index < -0.39 is 18.1 Å². The van der Waals surface area contributed by atoms with Gasteiger partial charge in [0, 0.05) is 6.42 Å². The van der Waals surface area contributed by atoms with Crippen LogP contribution in [0.2, 0.25) is 0 Å². The minimum atomic E-state index is -1.10. The molecule has 1 aliphatic carbocycles. The molecule has 0 spiro atoms. The van der Waals surface area contributed by atoms with E-state index >= 15 is 0 Å². The quantitative estimate of drug-likeness (QED) is 0.520. The van der Waals surface area contributed by atoms with Gasteiger partial charge in [0.1, 0.15) is 12.6 Å². The standard InChI is InChI=1S/C24H21NO4/c26-23(27)22(13-16-7-2-1-3-8-16)25-24(28)29-15-18-10-6-12-20-19-11-5-4-9-17(19)14-21(18)20/h1-12,22H,13-15H2,(H,25,28)(H,26,27)/t22-/m1/s1. The summed E-state index contributed by atoms with van der Waals surface area (Å²) in [5.74, 6) is -1.10. The summed E-state index contributed by atoms with van der Waals surface area (Å²) in [5.41, 5.74) is 6.55. The van der Waals surface area contributed by atoms with Gasteiger partial charge in [-0.15, -0.1) is 0 Å². The molecule has 146 valence electrons. The van der Waals surface area contributed by atoms with Crippen molar-refractivity contribution in [2.75, 3.05) is 0 Å². The van der Waals surface area contributed by atoms with Gasteiger partial charge < -0.3 is 15.2 Å². The molecule has 0 saturated carbocycles. The molecular formula is C24H21NO4. The molecule has 5 nitrogen and oxygen atoms in total. The summed E-state index contributed by atoms with van der Waals surface area (Å²) in [6.45, 7) is 0.0979. The van der Waals surface area contributed by atoms with Gasteiger partial charge in [0.15, 0.2) is 0 Å². The molecule has 0 unspecified atom stereocenters. The highest BCUT2D eigenvalue weighted by atomic mass is 16.5. The highest BCUT2D eigenvalue weighted by molar-refractivity contribution is 5.80. The number of carboxylic acid groups (broad SMARTS) is 1. The highest BCUT2D eigenvalue weighted by Gasteiger charge is 2.23.